The van der Waals surface area contributed by atoms with Crippen LogP contribution in [0.1, 0.15) is 31.1 Å². The van der Waals surface area contributed by atoms with Crippen molar-refractivity contribution in [3.63, 3.8) is 0 Å². The second kappa shape index (κ2) is 5.34. The first kappa shape index (κ1) is 15.1. The Kier molecular flexibility index (Phi) is 4.24. The summed E-state index contributed by atoms with van der Waals surface area (Å²) in [4.78, 5) is 23.8. The van der Waals surface area contributed by atoms with Gasteiger partial charge < -0.3 is 5.11 Å². The van der Waals surface area contributed by atoms with Crippen LogP contribution in [0.2, 0.25) is 0 Å². The van der Waals surface area contributed by atoms with Gasteiger partial charge in [-0.05, 0) is 32.9 Å². The van der Waals surface area contributed by atoms with Crippen molar-refractivity contribution in [3.8, 4) is 0 Å². The van der Waals surface area contributed by atoms with Crippen molar-refractivity contribution in [2.24, 2.45) is 0 Å². The van der Waals surface area contributed by atoms with Gasteiger partial charge in [0.15, 0.2) is 5.78 Å². The minimum absolute atomic E-state index is 0.322. The van der Waals surface area contributed by atoms with E-state index in [0.29, 0.717) is 6.07 Å². The second-order valence-electron chi connectivity index (χ2n) is 5.09. The Bertz CT molecular complexity index is 509. The molecule has 0 heterocycles. The van der Waals surface area contributed by atoms with Crippen molar-refractivity contribution in [3.05, 3.63) is 35.4 Å². The van der Waals surface area contributed by atoms with E-state index in [1.165, 1.54) is 0 Å². The Morgan fingerprint density at radius 1 is 1.26 bits per heavy atom. The van der Waals surface area contributed by atoms with Crippen LogP contribution in [0.25, 0.3) is 0 Å². The number of rotatable bonds is 3. The number of hydrogen-bond acceptors (Lipinski definition) is 2. The van der Waals surface area contributed by atoms with E-state index in [0.717, 1.165) is 17.0 Å². The number of Topliss-reactive ketones (excluding diaryl/α,β-unsaturated/α-hetero) is 1. The summed E-state index contributed by atoms with van der Waals surface area (Å²) in [5.74, 6) is -2.50. The van der Waals surface area contributed by atoms with Gasteiger partial charge >= 0.3 is 6.09 Å². The molecule has 1 aromatic rings. The average molecular weight is 271 g/mol. The summed E-state index contributed by atoms with van der Waals surface area (Å²) in [6.07, 6.45) is -1.27. The first-order valence-corrected chi connectivity index (χ1v) is 5.61. The minimum atomic E-state index is -1.27. The lowest BCUT2D eigenvalue weighted by atomic mass is 10.0. The zero-order valence-electron chi connectivity index (χ0n) is 10.9. The predicted molar refractivity (Wildman–Crippen MR) is 65.2 cm³/mol. The topological polar surface area (TPSA) is 57.6 Å². The monoisotopic (exact) mass is 271 g/mol. The molecule has 0 radical (unpaired) electrons. The summed E-state index contributed by atoms with van der Waals surface area (Å²) >= 11 is 0. The van der Waals surface area contributed by atoms with E-state index in [-0.39, 0.29) is 5.56 Å². The van der Waals surface area contributed by atoms with Gasteiger partial charge in [-0.25, -0.2) is 13.6 Å². The number of ketones is 1. The fourth-order valence-electron chi connectivity index (χ4n) is 1.54. The Morgan fingerprint density at radius 2 is 1.84 bits per heavy atom. The van der Waals surface area contributed by atoms with Crippen LogP contribution in [0, 0.1) is 11.6 Å². The Labute approximate surface area is 109 Å². The second-order valence-corrected chi connectivity index (χ2v) is 5.09. The van der Waals surface area contributed by atoms with Gasteiger partial charge in [-0.15, -0.1) is 0 Å². The SMILES string of the molecule is CC(C)(C)N(CC(=O)c1ccc(F)cc1F)C(=O)O. The maximum absolute atomic E-state index is 13.4. The summed E-state index contributed by atoms with van der Waals surface area (Å²) in [6.45, 7) is 4.38. The standard InChI is InChI=1S/C13H15F2NO3/c1-13(2,3)16(12(18)19)7-11(17)9-5-4-8(14)6-10(9)15/h4-6H,7H2,1-3H3,(H,18,19). The zero-order chi connectivity index (χ0) is 14.8. The fourth-order valence-corrected chi connectivity index (χ4v) is 1.54. The van der Waals surface area contributed by atoms with Gasteiger partial charge in [0.1, 0.15) is 11.6 Å². The Balaban J connectivity index is 2.98. The van der Waals surface area contributed by atoms with Crippen LogP contribution in [0.3, 0.4) is 0 Å². The van der Waals surface area contributed by atoms with Crippen LogP contribution in [-0.4, -0.2) is 34.0 Å². The number of carboxylic acid groups (broad SMARTS) is 1. The molecule has 0 aromatic heterocycles. The summed E-state index contributed by atoms with van der Waals surface area (Å²) in [5.41, 5.74) is -1.12. The molecule has 1 rings (SSSR count). The van der Waals surface area contributed by atoms with E-state index in [2.05, 4.69) is 0 Å². The van der Waals surface area contributed by atoms with Gasteiger partial charge in [-0.2, -0.15) is 0 Å². The molecule has 104 valence electrons. The lowest BCUT2D eigenvalue weighted by Crippen LogP contribution is -2.47. The number of benzene rings is 1. The number of nitrogens with zero attached hydrogens (tertiary/aromatic N) is 1. The van der Waals surface area contributed by atoms with Crippen LogP contribution in [-0.2, 0) is 0 Å². The van der Waals surface area contributed by atoms with Crippen molar-refractivity contribution in [2.75, 3.05) is 6.54 Å². The van der Waals surface area contributed by atoms with Gasteiger partial charge in [0.2, 0.25) is 0 Å². The van der Waals surface area contributed by atoms with E-state index in [4.69, 9.17) is 5.11 Å². The predicted octanol–water partition coefficient (Wildman–Crippen LogP) is 2.93. The number of carbonyl (C=O) groups excluding carboxylic acids is 1. The van der Waals surface area contributed by atoms with Crippen LogP contribution in [0.5, 0.6) is 0 Å². The number of hydrogen-bond donors (Lipinski definition) is 1. The molecule has 0 fully saturated rings. The number of amides is 1. The lowest BCUT2D eigenvalue weighted by Gasteiger charge is -2.32. The highest BCUT2D eigenvalue weighted by atomic mass is 19.1. The third-order valence-corrected chi connectivity index (χ3v) is 2.57. The molecule has 0 aliphatic rings. The van der Waals surface area contributed by atoms with E-state index in [1.54, 1.807) is 20.8 Å². The molecular formula is C13H15F2NO3. The van der Waals surface area contributed by atoms with Crippen LogP contribution in [0.15, 0.2) is 18.2 Å². The van der Waals surface area contributed by atoms with E-state index >= 15 is 0 Å². The van der Waals surface area contributed by atoms with Gasteiger partial charge in [-0.1, -0.05) is 0 Å². The Hall–Kier alpha value is -1.98. The van der Waals surface area contributed by atoms with Gasteiger partial charge in [0, 0.05) is 11.6 Å². The molecule has 4 nitrogen and oxygen atoms in total. The molecular weight excluding hydrogens is 256 g/mol. The normalized spacial score (nSPS) is 11.2. The molecule has 0 aliphatic heterocycles. The molecule has 1 amide bonds. The first-order valence-electron chi connectivity index (χ1n) is 5.61. The largest absolute Gasteiger partial charge is 0.465 e. The quantitative estimate of drug-likeness (QED) is 0.860. The minimum Gasteiger partial charge on any atom is -0.465 e. The molecule has 19 heavy (non-hydrogen) atoms. The first-order chi connectivity index (χ1) is 8.62. The molecule has 0 bridgehead atoms. The highest BCUT2D eigenvalue weighted by Crippen LogP contribution is 2.16. The maximum Gasteiger partial charge on any atom is 0.408 e. The molecule has 0 saturated heterocycles. The van der Waals surface area contributed by atoms with Gasteiger partial charge in [-0.3, -0.25) is 9.69 Å². The number of halogens is 2. The van der Waals surface area contributed by atoms with Gasteiger partial charge in [0.25, 0.3) is 0 Å². The van der Waals surface area contributed by atoms with E-state index in [1.807, 2.05) is 0 Å². The average Bonchev–Trinajstić information content (AvgIpc) is 2.23. The highest BCUT2D eigenvalue weighted by molar-refractivity contribution is 5.99. The maximum atomic E-state index is 13.4. The van der Waals surface area contributed by atoms with Gasteiger partial charge in [0.05, 0.1) is 12.1 Å². The summed E-state index contributed by atoms with van der Waals surface area (Å²) in [5, 5.41) is 9.04. The molecule has 0 unspecified atom stereocenters. The molecule has 1 aromatic carbocycles. The highest BCUT2D eigenvalue weighted by Gasteiger charge is 2.29. The summed E-state index contributed by atoms with van der Waals surface area (Å²) in [7, 11) is 0. The molecule has 6 heteroatoms. The molecule has 0 aliphatic carbocycles. The summed E-state index contributed by atoms with van der Waals surface area (Å²) in [6, 6.07) is 2.56. The van der Waals surface area contributed by atoms with Crippen molar-refractivity contribution < 1.29 is 23.5 Å². The van der Waals surface area contributed by atoms with Crippen LogP contribution in [0.4, 0.5) is 13.6 Å². The fraction of sp³-hybridized carbons (Fsp3) is 0.385. The zero-order valence-corrected chi connectivity index (χ0v) is 10.9. The van der Waals surface area contributed by atoms with Crippen molar-refractivity contribution >= 4 is 11.9 Å². The summed E-state index contributed by atoms with van der Waals surface area (Å²) < 4.78 is 26.2. The third kappa shape index (κ3) is 3.74. The van der Waals surface area contributed by atoms with Crippen molar-refractivity contribution in [1.82, 2.24) is 4.90 Å². The van der Waals surface area contributed by atoms with Crippen LogP contribution >= 0.6 is 0 Å². The third-order valence-electron chi connectivity index (χ3n) is 2.57. The smallest absolute Gasteiger partial charge is 0.408 e. The van der Waals surface area contributed by atoms with Crippen molar-refractivity contribution in [1.29, 1.82) is 0 Å². The van der Waals surface area contributed by atoms with Crippen molar-refractivity contribution in [2.45, 2.75) is 26.3 Å². The molecule has 0 atom stereocenters. The molecule has 0 spiro atoms. The van der Waals surface area contributed by atoms with E-state index < -0.39 is 35.6 Å². The number of carbonyl (C=O) groups is 2. The van der Waals surface area contributed by atoms with Crippen LogP contribution < -0.4 is 0 Å². The Morgan fingerprint density at radius 3 is 2.26 bits per heavy atom. The molecule has 0 saturated carbocycles. The lowest BCUT2D eigenvalue weighted by molar-refractivity contribution is 0.0763. The molecule has 1 N–H and O–H groups in total. The van der Waals surface area contributed by atoms with E-state index in [9.17, 15) is 18.4 Å².